The van der Waals surface area contributed by atoms with Gasteiger partial charge in [-0.25, -0.2) is 18.3 Å². The number of imidazole rings is 1. The maximum atomic E-state index is 14.2. The summed E-state index contributed by atoms with van der Waals surface area (Å²) in [6.07, 6.45) is 1.51. The van der Waals surface area contributed by atoms with Crippen molar-refractivity contribution in [1.29, 1.82) is 0 Å². The Morgan fingerprint density at radius 1 is 1.05 bits per heavy atom. The zero-order valence-corrected chi connectivity index (χ0v) is 26.1. The Morgan fingerprint density at radius 2 is 1.65 bits per heavy atom. The highest BCUT2D eigenvalue weighted by Crippen LogP contribution is 2.45. The van der Waals surface area contributed by atoms with Gasteiger partial charge in [-0.2, -0.15) is 4.31 Å². The zero-order valence-electron chi connectivity index (χ0n) is 22.1. The third-order valence-corrected chi connectivity index (χ3v) is 10.1. The molecular weight excluding hydrogens is 641 g/mol. The van der Waals surface area contributed by atoms with Gasteiger partial charge in [-0.3, -0.25) is 14.2 Å². The van der Waals surface area contributed by atoms with E-state index < -0.39 is 15.6 Å². The molecule has 0 unspecified atom stereocenters. The van der Waals surface area contributed by atoms with Gasteiger partial charge in [-0.05, 0) is 42.8 Å². The van der Waals surface area contributed by atoms with Crippen molar-refractivity contribution < 1.29 is 18.0 Å². The standard InChI is InChI=1S/C27H28BrCl2N5O4S/c1-17(2)24(36)32-8-10-33(11-9-32)40(38,39)23-16-31-26-34(22-13-20(29)12-21(30)14-22)25(37)27(3,35(23)26)15-18-4-6-19(28)7-5-18/h4-7,12-14,16-17H,8-11,15H2,1-3H3/t27-/m1/s1. The molecule has 2 aromatic carbocycles. The van der Waals surface area contributed by atoms with Crippen LogP contribution < -0.4 is 4.90 Å². The summed E-state index contributed by atoms with van der Waals surface area (Å²) in [5.74, 6) is -0.376. The summed E-state index contributed by atoms with van der Waals surface area (Å²) in [4.78, 5) is 34.1. The van der Waals surface area contributed by atoms with Gasteiger partial charge in [0.25, 0.3) is 15.9 Å². The largest absolute Gasteiger partial charge is 0.340 e. The molecule has 40 heavy (non-hydrogen) atoms. The molecule has 0 saturated carbocycles. The minimum absolute atomic E-state index is 0.00853. The van der Waals surface area contributed by atoms with Gasteiger partial charge in [-0.1, -0.05) is 65.1 Å². The van der Waals surface area contributed by atoms with Crippen LogP contribution in [0.15, 0.2) is 58.2 Å². The maximum absolute atomic E-state index is 14.2. The lowest BCUT2D eigenvalue weighted by atomic mass is 9.92. The summed E-state index contributed by atoms with van der Waals surface area (Å²) in [6, 6.07) is 12.3. The number of sulfonamides is 1. The predicted molar refractivity (Wildman–Crippen MR) is 158 cm³/mol. The van der Waals surface area contributed by atoms with E-state index in [1.54, 1.807) is 30.0 Å². The van der Waals surface area contributed by atoms with Crippen molar-refractivity contribution in [3.05, 3.63) is 68.7 Å². The molecule has 1 saturated heterocycles. The van der Waals surface area contributed by atoms with Crippen LogP contribution in [0.1, 0.15) is 26.3 Å². The summed E-state index contributed by atoms with van der Waals surface area (Å²) in [5.41, 5.74) is -0.0979. The van der Waals surface area contributed by atoms with E-state index in [0.717, 1.165) is 10.0 Å². The Kier molecular flexibility index (Phi) is 7.82. The average molecular weight is 669 g/mol. The molecule has 0 radical (unpaired) electrons. The van der Waals surface area contributed by atoms with Gasteiger partial charge in [0.05, 0.1) is 11.9 Å². The van der Waals surface area contributed by atoms with Gasteiger partial charge in [0, 0.05) is 53.0 Å². The van der Waals surface area contributed by atoms with Crippen molar-refractivity contribution in [2.75, 3.05) is 31.1 Å². The average Bonchev–Trinajstić information content (AvgIpc) is 3.43. The molecule has 5 rings (SSSR count). The van der Waals surface area contributed by atoms with Crippen molar-refractivity contribution in [2.24, 2.45) is 5.92 Å². The molecule has 1 aromatic heterocycles. The quantitative estimate of drug-likeness (QED) is 0.365. The van der Waals surface area contributed by atoms with Gasteiger partial charge in [0.2, 0.25) is 11.9 Å². The van der Waals surface area contributed by atoms with E-state index in [1.165, 1.54) is 20.0 Å². The number of hydrogen-bond acceptors (Lipinski definition) is 5. The van der Waals surface area contributed by atoms with E-state index in [2.05, 4.69) is 20.9 Å². The first-order valence-electron chi connectivity index (χ1n) is 12.7. The molecule has 212 valence electrons. The summed E-state index contributed by atoms with van der Waals surface area (Å²) >= 11 is 16.0. The van der Waals surface area contributed by atoms with Gasteiger partial charge >= 0.3 is 0 Å². The molecule has 13 heteroatoms. The number of rotatable bonds is 6. The number of halogens is 3. The Morgan fingerprint density at radius 3 is 2.23 bits per heavy atom. The maximum Gasteiger partial charge on any atom is 0.260 e. The molecule has 0 spiro atoms. The van der Waals surface area contributed by atoms with Crippen LogP contribution in [0, 0.1) is 5.92 Å². The summed E-state index contributed by atoms with van der Waals surface area (Å²) in [7, 11) is -4.07. The van der Waals surface area contributed by atoms with Crippen LogP contribution in [0.3, 0.4) is 0 Å². The van der Waals surface area contributed by atoms with Crippen LogP contribution in [-0.4, -0.2) is 65.2 Å². The second kappa shape index (κ2) is 10.8. The fraction of sp³-hybridized carbons (Fsp3) is 0.370. The Labute approximate surface area is 251 Å². The molecule has 0 N–H and O–H groups in total. The van der Waals surface area contributed by atoms with Crippen LogP contribution in [0.2, 0.25) is 10.0 Å². The minimum atomic E-state index is -4.07. The number of benzene rings is 2. The van der Waals surface area contributed by atoms with Gasteiger partial charge in [-0.15, -0.1) is 0 Å². The molecule has 2 aliphatic heterocycles. The SMILES string of the molecule is CC(C)C(=O)N1CCN(S(=O)(=O)c2cnc3n2[C@](C)(Cc2ccc(Br)cc2)C(=O)N3c2cc(Cl)cc(Cl)c2)CC1. The first-order valence-corrected chi connectivity index (χ1v) is 15.7. The van der Waals surface area contributed by atoms with Crippen molar-refractivity contribution in [3.63, 3.8) is 0 Å². The number of piperazine rings is 1. The number of aromatic nitrogens is 2. The lowest BCUT2D eigenvalue weighted by molar-refractivity contribution is -0.135. The summed E-state index contributed by atoms with van der Waals surface area (Å²) in [5, 5.41) is 0.572. The number of nitrogens with zero attached hydrogens (tertiary/aromatic N) is 5. The smallest absolute Gasteiger partial charge is 0.260 e. The zero-order chi connectivity index (χ0) is 29.0. The number of carbonyl (C=O) groups excluding carboxylic acids is 2. The lowest BCUT2D eigenvalue weighted by Crippen LogP contribution is -2.52. The topological polar surface area (TPSA) is 95.8 Å². The Hall–Kier alpha value is -2.44. The molecule has 2 aliphatic rings. The van der Waals surface area contributed by atoms with Crippen molar-refractivity contribution in [3.8, 4) is 0 Å². The first kappa shape index (κ1) is 29.1. The molecule has 0 aliphatic carbocycles. The van der Waals surface area contributed by atoms with E-state index in [4.69, 9.17) is 23.2 Å². The van der Waals surface area contributed by atoms with Gasteiger partial charge in [0.15, 0.2) is 5.03 Å². The number of anilines is 2. The fourth-order valence-corrected chi connectivity index (χ4v) is 7.65. The van der Waals surface area contributed by atoms with Gasteiger partial charge < -0.3 is 4.90 Å². The monoisotopic (exact) mass is 667 g/mol. The van der Waals surface area contributed by atoms with E-state index in [1.807, 2.05) is 38.1 Å². The fourth-order valence-electron chi connectivity index (χ4n) is 5.26. The summed E-state index contributed by atoms with van der Waals surface area (Å²) < 4.78 is 31.8. The molecule has 3 heterocycles. The molecule has 0 bridgehead atoms. The Bertz CT molecular complexity index is 1570. The van der Waals surface area contributed by atoms with E-state index >= 15 is 0 Å². The predicted octanol–water partition coefficient (Wildman–Crippen LogP) is 5.08. The van der Waals surface area contributed by atoms with E-state index in [0.29, 0.717) is 28.8 Å². The van der Waals surface area contributed by atoms with E-state index in [9.17, 15) is 18.0 Å². The van der Waals surface area contributed by atoms with Crippen molar-refractivity contribution in [1.82, 2.24) is 18.8 Å². The molecule has 2 amide bonds. The highest BCUT2D eigenvalue weighted by atomic mass is 79.9. The number of carbonyl (C=O) groups is 2. The molecule has 9 nitrogen and oxygen atoms in total. The first-order chi connectivity index (χ1) is 18.8. The molecule has 1 fully saturated rings. The normalized spacial score (nSPS) is 19.9. The highest BCUT2D eigenvalue weighted by molar-refractivity contribution is 9.10. The third kappa shape index (κ3) is 5.07. The lowest BCUT2D eigenvalue weighted by Gasteiger charge is -2.35. The molecule has 1 atom stereocenters. The van der Waals surface area contributed by atoms with Crippen LogP contribution in [-0.2, 0) is 31.6 Å². The van der Waals surface area contributed by atoms with Crippen LogP contribution in [0.4, 0.5) is 11.6 Å². The molecular formula is C27H28BrCl2N5O4S. The minimum Gasteiger partial charge on any atom is -0.340 e. The van der Waals surface area contributed by atoms with Crippen LogP contribution >= 0.6 is 39.1 Å². The number of hydrogen-bond donors (Lipinski definition) is 0. The highest BCUT2D eigenvalue weighted by Gasteiger charge is 2.52. The summed E-state index contributed by atoms with van der Waals surface area (Å²) in [6.45, 7) is 6.23. The second-order valence-electron chi connectivity index (χ2n) is 10.5. The van der Waals surface area contributed by atoms with E-state index in [-0.39, 0.29) is 48.2 Å². The second-order valence-corrected chi connectivity index (χ2v) is 14.1. The van der Waals surface area contributed by atoms with Crippen LogP contribution in [0.5, 0.6) is 0 Å². The number of fused-ring (bicyclic) bond motifs is 1. The molecule has 3 aromatic rings. The van der Waals surface area contributed by atoms with Crippen LogP contribution in [0.25, 0.3) is 0 Å². The van der Waals surface area contributed by atoms with Crippen molar-refractivity contribution in [2.45, 2.75) is 37.8 Å². The number of amides is 2. The third-order valence-electron chi connectivity index (χ3n) is 7.28. The Balaban J connectivity index is 1.58. The van der Waals surface area contributed by atoms with Crippen molar-refractivity contribution >= 4 is 72.6 Å². The van der Waals surface area contributed by atoms with Gasteiger partial charge in [0.1, 0.15) is 5.54 Å².